The van der Waals surface area contributed by atoms with Gasteiger partial charge in [-0.1, -0.05) is 0 Å². The van der Waals surface area contributed by atoms with Gasteiger partial charge in [-0.05, 0) is 50.2 Å². The second-order valence-electron chi connectivity index (χ2n) is 7.78. The molecule has 1 aromatic rings. The summed E-state index contributed by atoms with van der Waals surface area (Å²) < 4.78 is 37.4. The minimum absolute atomic E-state index is 0.128. The number of thiophene rings is 1. The molecule has 0 radical (unpaired) electrons. The van der Waals surface area contributed by atoms with Crippen molar-refractivity contribution in [1.29, 1.82) is 0 Å². The Hall–Kier alpha value is -0.560. The predicted molar refractivity (Wildman–Crippen MR) is 94.6 cm³/mol. The second kappa shape index (κ2) is 7.22. The van der Waals surface area contributed by atoms with Gasteiger partial charge in [0.1, 0.15) is 5.60 Å². The fourth-order valence-electron chi connectivity index (χ4n) is 4.65. The molecule has 6 heteroatoms. The molecule has 1 spiro atoms. The molecule has 0 aromatic carbocycles. The lowest BCUT2D eigenvalue weighted by atomic mass is 9.81. The highest BCUT2D eigenvalue weighted by Gasteiger charge is 2.45. The zero-order valence-electron chi connectivity index (χ0n) is 14.8. The van der Waals surface area contributed by atoms with Gasteiger partial charge in [0.25, 0.3) is 0 Å². The van der Waals surface area contributed by atoms with Gasteiger partial charge in [0.15, 0.2) is 0 Å². The Balaban J connectivity index is 1.49. The molecule has 0 bridgehead atoms. The molecule has 4 rings (SSSR count). The summed E-state index contributed by atoms with van der Waals surface area (Å²) in [7, 11) is 0. The third kappa shape index (κ3) is 3.64. The maximum atomic E-state index is 12.8. The summed E-state index contributed by atoms with van der Waals surface area (Å²) in [5, 5.41) is 0. The van der Waals surface area contributed by atoms with E-state index in [9.17, 15) is 8.78 Å². The standard InChI is InChI=1S/C19H27F2NO2S/c1-13-10-19(4-5-22(13)11-14-2-6-23-12-14)18-15(3-7-24-19)8-16(25-18)9-17(20)21/h8,13-14,17H,2-7,9-12H2,1H3/t13-,14?,19+/m0/s1. The average molecular weight is 371 g/mol. The number of fused-ring (bicyclic) bond motifs is 2. The van der Waals surface area contributed by atoms with E-state index in [-0.39, 0.29) is 12.0 Å². The SMILES string of the molecule is C[C@H]1C[C@@]2(CCN1CC1CCOC1)OCCc1cc(CC(F)F)sc12. The Morgan fingerprint density at radius 1 is 1.40 bits per heavy atom. The fraction of sp³-hybridized carbons (Fsp3) is 0.789. The van der Waals surface area contributed by atoms with E-state index < -0.39 is 6.43 Å². The monoisotopic (exact) mass is 371 g/mol. The van der Waals surface area contributed by atoms with Gasteiger partial charge in [0.2, 0.25) is 6.43 Å². The first-order valence-corrected chi connectivity index (χ1v) is 10.2. The summed E-state index contributed by atoms with van der Waals surface area (Å²) >= 11 is 1.56. The van der Waals surface area contributed by atoms with E-state index in [1.165, 1.54) is 10.4 Å². The van der Waals surface area contributed by atoms with Crippen LogP contribution in [0.25, 0.3) is 0 Å². The quantitative estimate of drug-likeness (QED) is 0.803. The molecule has 3 aliphatic rings. The van der Waals surface area contributed by atoms with Gasteiger partial charge < -0.3 is 14.4 Å². The van der Waals surface area contributed by atoms with E-state index in [0.717, 1.165) is 56.9 Å². The molecule has 1 unspecified atom stereocenters. The largest absolute Gasteiger partial charge is 0.381 e. The van der Waals surface area contributed by atoms with Crippen molar-refractivity contribution in [2.45, 2.75) is 57.1 Å². The molecule has 0 N–H and O–H groups in total. The van der Waals surface area contributed by atoms with Crippen LogP contribution < -0.4 is 0 Å². The number of likely N-dealkylation sites (tertiary alicyclic amines) is 1. The summed E-state index contributed by atoms with van der Waals surface area (Å²) in [6.45, 7) is 6.88. The number of hydrogen-bond acceptors (Lipinski definition) is 4. The number of ether oxygens (including phenoxy) is 2. The lowest BCUT2D eigenvalue weighted by Gasteiger charge is -2.47. The third-order valence-corrected chi connectivity index (χ3v) is 7.33. The molecule has 25 heavy (non-hydrogen) atoms. The van der Waals surface area contributed by atoms with Gasteiger partial charge in [0, 0.05) is 41.9 Å². The molecule has 1 aromatic heterocycles. The van der Waals surface area contributed by atoms with Crippen LogP contribution in [0, 0.1) is 5.92 Å². The molecular formula is C19H27F2NO2S. The minimum Gasteiger partial charge on any atom is -0.381 e. The lowest BCUT2D eigenvalue weighted by molar-refractivity contribution is -0.110. The van der Waals surface area contributed by atoms with Crippen LogP contribution in [0.3, 0.4) is 0 Å². The normalized spacial score (nSPS) is 33.3. The zero-order valence-corrected chi connectivity index (χ0v) is 15.6. The van der Waals surface area contributed by atoms with Crippen LogP contribution in [0.4, 0.5) is 8.78 Å². The molecule has 2 fully saturated rings. The molecule has 4 heterocycles. The second-order valence-corrected chi connectivity index (χ2v) is 8.92. The number of halogens is 2. The Bertz CT molecular complexity index is 602. The molecule has 3 nitrogen and oxygen atoms in total. The summed E-state index contributed by atoms with van der Waals surface area (Å²) in [5.74, 6) is 0.652. The van der Waals surface area contributed by atoms with Crippen molar-refractivity contribution in [3.63, 3.8) is 0 Å². The lowest BCUT2D eigenvalue weighted by Crippen LogP contribution is -2.51. The van der Waals surface area contributed by atoms with Crippen molar-refractivity contribution in [2.24, 2.45) is 5.92 Å². The summed E-state index contributed by atoms with van der Waals surface area (Å²) in [6.07, 6.45) is 1.54. The molecule has 0 saturated carbocycles. The van der Waals surface area contributed by atoms with Crippen molar-refractivity contribution in [3.05, 3.63) is 21.4 Å². The number of alkyl halides is 2. The van der Waals surface area contributed by atoms with Crippen LogP contribution in [0.15, 0.2) is 6.07 Å². The van der Waals surface area contributed by atoms with Gasteiger partial charge in [-0.2, -0.15) is 0 Å². The maximum absolute atomic E-state index is 12.8. The summed E-state index contributed by atoms with van der Waals surface area (Å²) in [6, 6.07) is 2.45. The number of hydrogen-bond donors (Lipinski definition) is 0. The average Bonchev–Trinajstić information content (AvgIpc) is 3.20. The van der Waals surface area contributed by atoms with Crippen molar-refractivity contribution >= 4 is 11.3 Å². The van der Waals surface area contributed by atoms with Gasteiger partial charge in [-0.3, -0.25) is 0 Å². The Morgan fingerprint density at radius 3 is 3.00 bits per heavy atom. The molecule has 0 aliphatic carbocycles. The fourth-order valence-corrected chi connectivity index (χ4v) is 6.05. The maximum Gasteiger partial charge on any atom is 0.243 e. The van der Waals surface area contributed by atoms with Crippen molar-refractivity contribution in [3.8, 4) is 0 Å². The predicted octanol–water partition coefficient (Wildman–Crippen LogP) is 3.84. The Morgan fingerprint density at radius 2 is 2.28 bits per heavy atom. The number of nitrogens with zero attached hydrogens (tertiary/aromatic N) is 1. The summed E-state index contributed by atoms with van der Waals surface area (Å²) in [5.41, 5.74) is 0.998. The van der Waals surface area contributed by atoms with Crippen LogP contribution in [-0.2, 0) is 27.9 Å². The highest BCUT2D eigenvalue weighted by molar-refractivity contribution is 7.12. The Kier molecular flexibility index (Phi) is 5.15. The molecular weight excluding hydrogens is 344 g/mol. The zero-order chi connectivity index (χ0) is 17.4. The topological polar surface area (TPSA) is 21.7 Å². The van der Waals surface area contributed by atoms with Crippen molar-refractivity contribution < 1.29 is 18.3 Å². The van der Waals surface area contributed by atoms with Crippen LogP contribution in [0.1, 0.15) is 41.5 Å². The van der Waals surface area contributed by atoms with Gasteiger partial charge in [0.05, 0.1) is 13.2 Å². The Labute approximate surface area is 152 Å². The highest BCUT2D eigenvalue weighted by Crippen LogP contribution is 2.47. The first-order chi connectivity index (χ1) is 12.1. The molecule has 3 atom stereocenters. The van der Waals surface area contributed by atoms with Crippen LogP contribution in [-0.4, -0.2) is 50.3 Å². The first kappa shape index (κ1) is 17.8. The molecule has 2 saturated heterocycles. The molecule has 140 valence electrons. The van der Waals surface area contributed by atoms with E-state index >= 15 is 0 Å². The van der Waals surface area contributed by atoms with E-state index in [1.54, 1.807) is 11.3 Å². The van der Waals surface area contributed by atoms with E-state index in [1.807, 2.05) is 6.07 Å². The van der Waals surface area contributed by atoms with Crippen molar-refractivity contribution in [1.82, 2.24) is 4.90 Å². The van der Waals surface area contributed by atoms with Gasteiger partial charge >= 0.3 is 0 Å². The number of rotatable bonds is 4. The summed E-state index contributed by atoms with van der Waals surface area (Å²) in [4.78, 5) is 4.60. The number of piperidine rings is 1. The van der Waals surface area contributed by atoms with E-state index in [4.69, 9.17) is 9.47 Å². The van der Waals surface area contributed by atoms with Gasteiger partial charge in [-0.25, -0.2) is 8.78 Å². The van der Waals surface area contributed by atoms with E-state index in [0.29, 0.717) is 18.6 Å². The van der Waals surface area contributed by atoms with Crippen molar-refractivity contribution in [2.75, 3.05) is 32.9 Å². The van der Waals surface area contributed by atoms with Crippen LogP contribution in [0.5, 0.6) is 0 Å². The molecule has 3 aliphatic heterocycles. The highest BCUT2D eigenvalue weighted by atomic mass is 32.1. The molecule has 0 amide bonds. The third-order valence-electron chi connectivity index (χ3n) is 5.95. The van der Waals surface area contributed by atoms with E-state index in [2.05, 4.69) is 11.8 Å². The van der Waals surface area contributed by atoms with Crippen LogP contribution in [0.2, 0.25) is 0 Å². The first-order valence-electron chi connectivity index (χ1n) is 9.42. The minimum atomic E-state index is -2.27. The van der Waals surface area contributed by atoms with Gasteiger partial charge in [-0.15, -0.1) is 11.3 Å². The smallest absolute Gasteiger partial charge is 0.243 e. The van der Waals surface area contributed by atoms with Crippen LogP contribution >= 0.6 is 11.3 Å².